The summed E-state index contributed by atoms with van der Waals surface area (Å²) in [6.45, 7) is 0. The molecule has 0 fully saturated rings. The summed E-state index contributed by atoms with van der Waals surface area (Å²) in [4.78, 5) is 4.23. The molecule has 0 aromatic rings. The number of hydrogen-bond acceptors (Lipinski definition) is 3. The van der Waals surface area contributed by atoms with Crippen LogP contribution in [0.3, 0.4) is 0 Å². The Hall–Kier alpha value is -0.510. The molecule has 1 aliphatic carbocycles. The van der Waals surface area contributed by atoms with E-state index in [1.54, 1.807) is 0 Å². The molecule has 0 aromatic heterocycles. The second-order valence-corrected chi connectivity index (χ2v) is 2.39. The highest BCUT2D eigenvalue weighted by Gasteiger charge is 2.04. The van der Waals surface area contributed by atoms with Gasteiger partial charge in [0.2, 0.25) is 0 Å². The molecule has 0 amide bonds. The van der Waals surface area contributed by atoms with E-state index in [2.05, 4.69) is 10.4 Å². The van der Waals surface area contributed by atoms with Crippen LogP contribution in [0.25, 0.3) is 0 Å². The molecule has 0 spiro atoms. The van der Waals surface area contributed by atoms with Gasteiger partial charge in [0.15, 0.2) is 0 Å². The lowest BCUT2D eigenvalue weighted by Gasteiger charge is -2.10. The Morgan fingerprint density at radius 3 is 3.10 bits per heavy atom. The van der Waals surface area contributed by atoms with Crippen molar-refractivity contribution in [2.24, 2.45) is 5.90 Å². The lowest BCUT2D eigenvalue weighted by Crippen LogP contribution is -2.19. The fourth-order valence-corrected chi connectivity index (χ4v) is 1.03. The molecule has 0 radical (unpaired) electrons. The molecule has 0 saturated carbocycles. The minimum absolute atomic E-state index is 0.664. The molecule has 3 N–H and O–H groups in total. The van der Waals surface area contributed by atoms with Crippen molar-refractivity contribution in [3.63, 3.8) is 0 Å². The zero-order chi connectivity index (χ0) is 7.40. The van der Waals surface area contributed by atoms with Crippen LogP contribution in [0.5, 0.6) is 0 Å². The van der Waals surface area contributed by atoms with Crippen molar-refractivity contribution in [3.05, 3.63) is 22.9 Å². The fraction of sp³-hybridized carbons (Fsp3) is 0.333. The van der Waals surface area contributed by atoms with Gasteiger partial charge in [-0.25, -0.2) is 0 Å². The van der Waals surface area contributed by atoms with Gasteiger partial charge in [0.1, 0.15) is 0 Å². The van der Waals surface area contributed by atoms with Crippen LogP contribution in [0.15, 0.2) is 22.9 Å². The number of halogens is 1. The maximum atomic E-state index is 5.76. The van der Waals surface area contributed by atoms with E-state index in [0.29, 0.717) is 5.03 Å². The summed E-state index contributed by atoms with van der Waals surface area (Å²) in [5, 5.41) is 0.664. The van der Waals surface area contributed by atoms with Gasteiger partial charge in [-0.1, -0.05) is 17.7 Å². The highest BCUT2D eigenvalue weighted by Crippen LogP contribution is 2.18. The van der Waals surface area contributed by atoms with Crippen LogP contribution in [0, 0.1) is 0 Å². The van der Waals surface area contributed by atoms with Crippen LogP contribution in [-0.4, -0.2) is 0 Å². The van der Waals surface area contributed by atoms with Crippen molar-refractivity contribution >= 4 is 11.6 Å². The van der Waals surface area contributed by atoms with E-state index in [-0.39, 0.29) is 0 Å². The van der Waals surface area contributed by atoms with E-state index in [1.165, 1.54) is 0 Å². The summed E-state index contributed by atoms with van der Waals surface area (Å²) in [6.07, 6.45) is 5.66. The van der Waals surface area contributed by atoms with Gasteiger partial charge in [-0.2, -0.15) is 10.8 Å². The number of hydrogen-bond donors (Lipinski definition) is 2. The van der Waals surface area contributed by atoms with Crippen LogP contribution in [0.4, 0.5) is 0 Å². The number of rotatable bonds is 2. The fourth-order valence-electron chi connectivity index (χ4n) is 0.805. The van der Waals surface area contributed by atoms with Crippen molar-refractivity contribution in [3.8, 4) is 0 Å². The number of allylic oxidation sites excluding steroid dienone is 4. The Labute approximate surface area is 64.4 Å². The van der Waals surface area contributed by atoms with Crippen LogP contribution >= 0.6 is 11.6 Å². The molecule has 0 aliphatic heterocycles. The minimum Gasteiger partial charge on any atom is -0.251 e. The second-order valence-electron chi connectivity index (χ2n) is 1.99. The first-order chi connectivity index (χ1) is 4.84. The third kappa shape index (κ3) is 1.73. The number of nitrogens with one attached hydrogen (secondary N) is 1. The third-order valence-corrected chi connectivity index (χ3v) is 1.65. The quantitative estimate of drug-likeness (QED) is 0.597. The molecule has 0 saturated heterocycles. The Balaban J connectivity index is 2.60. The predicted molar refractivity (Wildman–Crippen MR) is 39.7 cm³/mol. The molecule has 1 rings (SSSR count). The first kappa shape index (κ1) is 7.60. The molecule has 0 bridgehead atoms. The highest BCUT2D eigenvalue weighted by atomic mass is 35.5. The third-order valence-electron chi connectivity index (χ3n) is 1.30. The Morgan fingerprint density at radius 1 is 1.70 bits per heavy atom. The summed E-state index contributed by atoms with van der Waals surface area (Å²) < 4.78 is 0. The minimum atomic E-state index is 0.664. The molecule has 56 valence electrons. The normalized spacial score (nSPS) is 17.8. The van der Waals surface area contributed by atoms with Crippen molar-refractivity contribution in [2.45, 2.75) is 12.8 Å². The zero-order valence-electron chi connectivity index (χ0n) is 5.43. The zero-order valence-corrected chi connectivity index (χ0v) is 6.19. The van der Waals surface area contributed by atoms with Crippen LogP contribution in [-0.2, 0) is 4.94 Å². The number of nitrogens with two attached hydrogens (primary N) is 1. The summed E-state index contributed by atoms with van der Waals surface area (Å²) in [5.41, 5.74) is 3.35. The van der Waals surface area contributed by atoms with Gasteiger partial charge in [-0.05, 0) is 18.9 Å². The lowest BCUT2D eigenvalue weighted by molar-refractivity contribution is 0.0606. The lowest BCUT2D eigenvalue weighted by atomic mass is 10.1. The van der Waals surface area contributed by atoms with Crippen molar-refractivity contribution in [2.75, 3.05) is 0 Å². The SMILES string of the molecule is NONC1=C(Cl)C=CCC1. The van der Waals surface area contributed by atoms with Crippen molar-refractivity contribution in [1.29, 1.82) is 0 Å². The standard InChI is InChI=1S/C6H9ClN2O/c7-5-3-1-2-4-6(5)9-10-8/h1,3,9H,2,4,8H2. The maximum Gasteiger partial charge on any atom is 0.0616 e. The van der Waals surface area contributed by atoms with E-state index in [1.807, 2.05) is 12.2 Å². The molecule has 0 heterocycles. The monoisotopic (exact) mass is 160 g/mol. The van der Waals surface area contributed by atoms with E-state index >= 15 is 0 Å². The molecule has 0 aromatic carbocycles. The molecular formula is C6H9ClN2O. The van der Waals surface area contributed by atoms with E-state index in [9.17, 15) is 0 Å². The Kier molecular flexibility index (Phi) is 2.74. The van der Waals surface area contributed by atoms with Gasteiger partial charge in [-0.3, -0.25) is 5.48 Å². The van der Waals surface area contributed by atoms with Crippen molar-refractivity contribution in [1.82, 2.24) is 5.48 Å². The first-order valence-electron chi connectivity index (χ1n) is 3.01. The molecule has 4 heteroatoms. The average molecular weight is 161 g/mol. The summed E-state index contributed by atoms with van der Waals surface area (Å²) in [6, 6.07) is 0. The van der Waals surface area contributed by atoms with Gasteiger partial charge in [0, 0.05) is 0 Å². The van der Waals surface area contributed by atoms with E-state index in [4.69, 9.17) is 17.5 Å². The van der Waals surface area contributed by atoms with E-state index in [0.717, 1.165) is 18.5 Å². The predicted octanol–water partition coefficient (Wildman–Crippen LogP) is 1.18. The Bertz CT molecular complexity index is 177. The molecule has 10 heavy (non-hydrogen) atoms. The maximum absolute atomic E-state index is 5.76. The van der Waals surface area contributed by atoms with Gasteiger partial charge >= 0.3 is 0 Å². The molecule has 1 aliphatic rings. The molecule has 0 unspecified atom stereocenters. The first-order valence-corrected chi connectivity index (χ1v) is 3.39. The highest BCUT2D eigenvalue weighted by molar-refractivity contribution is 6.31. The van der Waals surface area contributed by atoms with Crippen LogP contribution < -0.4 is 11.4 Å². The largest absolute Gasteiger partial charge is 0.251 e. The molecular weight excluding hydrogens is 152 g/mol. The van der Waals surface area contributed by atoms with Crippen LogP contribution in [0.2, 0.25) is 0 Å². The average Bonchev–Trinajstić information content (AvgIpc) is 1.94. The van der Waals surface area contributed by atoms with Gasteiger partial charge < -0.3 is 0 Å². The number of hydroxylamine groups is 1. The van der Waals surface area contributed by atoms with Gasteiger partial charge in [0.05, 0.1) is 10.7 Å². The summed E-state index contributed by atoms with van der Waals surface area (Å²) in [7, 11) is 0. The van der Waals surface area contributed by atoms with Crippen LogP contribution in [0.1, 0.15) is 12.8 Å². The van der Waals surface area contributed by atoms with Gasteiger partial charge in [0.25, 0.3) is 0 Å². The van der Waals surface area contributed by atoms with Crippen molar-refractivity contribution < 1.29 is 4.94 Å². The summed E-state index contributed by atoms with van der Waals surface area (Å²) in [5.74, 6) is 4.79. The topological polar surface area (TPSA) is 47.3 Å². The Morgan fingerprint density at radius 2 is 2.50 bits per heavy atom. The summed E-state index contributed by atoms with van der Waals surface area (Å²) >= 11 is 5.76. The van der Waals surface area contributed by atoms with E-state index < -0.39 is 0 Å². The molecule has 3 nitrogen and oxygen atoms in total. The molecule has 0 atom stereocenters. The second kappa shape index (κ2) is 3.61. The smallest absolute Gasteiger partial charge is 0.0616 e. The van der Waals surface area contributed by atoms with Gasteiger partial charge in [-0.15, -0.1) is 0 Å².